The highest BCUT2D eigenvalue weighted by atomic mass is 127. The normalized spacial score (nSPS) is 9.29. The van der Waals surface area contributed by atoms with Gasteiger partial charge in [0.2, 0.25) is 5.91 Å². The van der Waals surface area contributed by atoms with Gasteiger partial charge in [0, 0.05) is 18.1 Å². The molecule has 0 bridgehead atoms. The van der Waals surface area contributed by atoms with Crippen LogP contribution in [0.1, 0.15) is 22.8 Å². The Morgan fingerprint density at radius 1 is 0.929 bits per heavy atom. The van der Waals surface area contributed by atoms with E-state index in [1.807, 2.05) is 11.0 Å². The lowest BCUT2D eigenvalue weighted by atomic mass is 10.0. The average Bonchev–Trinajstić information content (AvgIpc) is 2.70. The lowest BCUT2D eigenvalue weighted by Crippen LogP contribution is -2.34. The Balaban J connectivity index is 0.00000190. The SMILES string of the molecule is CI.COC(=O)NC(=S)Nc1cc(C(=O)c2ccccc2)ccc1NC(C)=O. The second kappa shape index (κ2) is 12.0. The van der Waals surface area contributed by atoms with Gasteiger partial charge in [0.1, 0.15) is 0 Å². The molecule has 0 unspecified atom stereocenters. The number of carbonyl (C=O) groups is 3. The molecule has 148 valence electrons. The van der Waals surface area contributed by atoms with E-state index in [1.54, 1.807) is 42.5 Å². The molecule has 0 spiro atoms. The third kappa shape index (κ3) is 7.24. The summed E-state index contributed by atoms with van der Waals surface area (Å²) in [5.41, 5.74) is 1.70. The molecule has 2 amide bonds. The molecule has 0 atom stereocenters. The highest BCUT2D eigenvalue weighted by Gasteiger charge is 2.14. The van der Waals surface area contributed by atoms with Gasteiger partial charge >= 0.3 is 6.09 Å². The number of alkyl carbamates (subject to hydrolysis) is 1. The summed E-state index contributed by atoms with van der Waals surface area (Å²) >= 11 is 7.18. The fourth-order valence-corrected chi connectivity index (χ4v) is 2.33. The van der Waals surface area contributed by atoms with Gasteiger partial charge in [-0.25, -0.2) is 4.79 Å². The zero-order valence-corrected chi connectivity index (χ0v) is 18.5. The van der Waals surface area contributed by atoms with Gasteiger partial charge in [-0.1, -0.05) is 52.9 Å². The smallest absolute Gasteiger partial charge is 0.413 e. The Morgan fingerprint density at radius 3 is 2.14 bits per heavy atom. The molecule has 2 rings (SSSR count). The Labute approximate surface area is 182 Å². The van der Waals surface area contributed by atoms with Gasteiger partial charge in [-0.05, 0) is 35.3 Å². The quantitative estimate of drug-likeness (QED) is 0.248. The van der Waals surface area contributed by atoms with E-state index < -0.39 is 6.09 Å². The zero-order valence-electron chi connectivity index (χ0n) is 15.5. The molecule has 0 aromatic heterocycles. The molecule has 0 saturated heterocycles. The van der Waals surface area contributed by atoms with Gasteiger partial charge in [-0.3, -0.25) is 14.9 Å². The van der Waals surface area contributed by atoms with Crippen LogP contribution in [0.25, 0.3) is 0 Å². The minimum atomic E-state index is -0.736. The van der Waals surface area contributed by atoms with Crippen molar-refractivity contribution in [2.24, 2.45) is 0 Å². The number of hydrogen-bond acceptors (Lipinski definition) is 5. The van der Waals surface area contributed by atoms with Crippen molar-refractivity contribution in [3.8, 4) is 0 Å². The first kappa shape index (κ1) is 23.5. The molecule has 7 nitrogen and oxygen atoms in total. The summed E-state index contributed by atoms with van der Waals surface area (Å²) in [7, 11) is 1.21. The predicted molar refractivity (Wildman–Crippen MR) is 122 cm³/mol. The van der Waals surface area contributed by atoms with Crippen LogP contribution in [0, 0.1) is 0 Å². The number of ketones is 1. The molecule has 0 aliphatic rings. The first-order chi connectivity index (χ1) is 13.4. The summed E-state index contributed by atoms with van der Waals surface area (Å²) in [5, 5.41) is 7.68. The Morgan fingerprint density at radius 2 is 1.57 bits per heavy atom. The molecular formula is C19H20IN3O4S. The second-order valence-corrected chi connectivity index (χ2v) is 5.62. The van der Waals surface area contributed by atoms with Crippen molar-refractivity contribution in [3.63, 3.8) is 0 Å². The number of hydrogen-bond donors (Lipinski definition) is 3. The van der Waals surface area contributed by atoms with Crippen molar-refractivity contribution in [1.29, 1.82) is 0 Å². The monoisotopic (exact) mass is 513 g/mol. The van der Waals surface area contributed by atoms with Gasteiger partial charge in [-0.15, -0.1) is 0 Å². The number of rotatable bonds is 4. The minimum Gasteiger partial charge on any atom is -0.453 e. The third-order valence-corrected chi connectivity index (χ3v) is 3.48. The van der Waals surface area contributed by atoms with Crippen LogP contribution < -0.4 is 16.0 Å². The molecule has 0 aliphatic heterocycles. The molecule has 9 heteroatoms. The Hall–Kier alpha value is -2.53. The Bertz CT molecular complexity index is 860. The minimum absolute atomic E-state index is 0.0345. The number of halogens is 1. The summed E-state index contributed by atoms with van der Waals surface area (Å²) in [6.45, 7) is 1.36. The average molecular weight is 513 g/mol. The van der Waals surface area contributed by atoms with E-state index in [9.17, 15) is 14.4 Å². The summed E-state index contributed by atoms with van der Waals surface area (Å²) in [6.07, 6.45) is -0.736. The van der Waals surface area contributed by atoms with E-state index in [2.05, 4.69) is 43.3 Å². The highest BCUT2D eigenvalue weighted by molar-refractivity contribution is 14.1. The molecule has 2 aromatic carbocycles. The van der Waals surface area contributed by atoms with Gasteiger partial charge in [-0.2, -0.15) is 0 Å². The van der Waals surface area contributed by atoms with Gasteiger partial charge in [0.25, 0.3) is 0 Å². The molecule has 3 N–H and O–H groups in total. The standard InChI is InChI=1S/C18H17N3O4S.CH3I/c1-11(22)19-14-9-8-13(16(23)12-6-4-3-5-7-12)10-15(14)20-17(26)21-18(24)25-2;1-2/h3-10H,1-2H3,(H,19,22)(H2,20,21,24,26);1H3. The summed E-state index contributed by atoms with van der Waals surface area (Å²) < 4.78 is 4.47. The highest BCUT2D eigenvalue weighted by Crippen LogP contribution is 2.25. The van der Waals surface area contributed by atoms with E-state index >= 15 is 0 Å². The lowest BCUT2D eigenvalue weighted by Gasteiger charge is -2.14. The molecule has 0 aliphatic carbocycles. The van der Waals surface area contributed by atoms with E-state index in [4.69, 9.17) is 12.2 Å². The van der Waals surface area contributed by atoms with Gasteiger partial charge in [0.15, 0.2) is 10.9 Å². The van der Waals surface area contributed by atoms with E-state index in [-0.39, 0.29) is 16.8 Å². The van der Waals surface area contributed by atoms with Crippen molar-refractivity contribution in [2.45, 2.75) is 6.92 Å². The van der Waals surface area contributed by atoms with Crippen LogP contribution in [0.5, 0.6) is 0 Å². The summed E-state index contributed by atoms with van der Waals surface area (Å²) in [5.74, 6) is -0.475. The molecule has 2 aromatic rings. The van der Waals surface area contributed by atoms with Crippen LogP contribution in [-0.2, 0) is 9.53 Å². The van der Waals surface area contributed by atoms with Crippen LogP contribution in [-0.4, -0.2) is 34.9 Å². The number of anilines is 2. The van der Waals surface area contributed by atoms with Crippen LogP contribution >= 0.6 is 34.8 Å². The lowest BCUT2D eigenvalue weighted by molar-refractivity contribution is -0.114. The number of benzene rings is 2. The summed E-state index contributed by atoms with van der Waals surface area (Å²) in [4.78, 5) is 37.2. The molecule has 0 heterocycles. The van der Waals surface area contributed by atoms with Crippen molar-refractivity contribution >= 4 is 69.1 Å². The number of alkyl halides is 1. The van der Waals surface area contributed by atoms with Gasteiger partial charge in [0.05, 0.1) is 18.5 Å². The number of carbonyl (C=O) groups excluding carboxylic acids is 3. The second-order valence-electron chi connectivity index (χ2n) is 5.21. The van der Waals surface area contributed by atoms with Crippen molar-refractivity contribution in [3.05, 3.63) is 59.7 Å². The maximum Gasteiger partial charge on any atom is 0.413 e. The topological polar surface area (TPSA) is 96.5 Å². The fourth-order valence-electron chi connectivity index (χ4n) is 2.14. The van der Waals surface area contributed by atoms with Crippen LogP contribution in [0.2, 0.25) is 0 Å². The van der Waals surface area contributed by atoms with Crippen LogP contribution in [0.3, 0.4) is 0 Å². The van der Waals surface area contributed by atoms with E-state index in [0.29, 0.717) is 22.5 Å². The third-order valence-electron chi connectivity index (χ3n) is 3.28. The largest absolute Gasteiger partial charge is 0.453 e. The number of amides is 2. The Kier molecular flexibility index (Phi) is 10.1. The van der Waals surface area contributed by atoms with E-state index in [0.717, 1.165) is 0 Å². The maximum absolute atomic E-state index is 12.6. The molecule has 0 radical (unpaired) electrons. The van der Waals surface area contributed by atoms with Gasteiger partial charge < -0.3 is 15.4 Å². The summed E-state index contributed by atoms with van der Waals surface area (Å²) in [6, 6.07) is 13.5. The van der Waals surface area contributed by atoms with E-state index in [1.165, 1.54) is 14.0 Å². The maximum atomic E-state index is 12.6. The molecule has 28 heavy (non-hydrogen) atoms. The number of nitrogens with one attached hydrogen (secondary N) is 3. The number of methoxy groups -OCH3 is 1. The molecular weight excluding hydrogens is 493 g/mol. The first-order valence-corrected chi connectivity index (χ1v) is 10.5. The zero-order chi connectivity index (χ0) is 21.1. The predicted octanol–water partition coefficient (Wildman–Crippen LogP) is 3.98. The number of ether oxygens (including phenoxy) is 1. The number of thiocarbonyl (C=S) groups is 1. The van der Waals surface area contributed by atoms with Crippen LogP contribution in [0.15, 0.2) is 48.5 Å². The fraction of sp³-hybridized carbons (Fsp3) is 0.158. The van der Waals surface area contributed by atoms with Crippen LogP contribution in [0.4, 0.5) is 16.2 Å². The van der Waals surface area contributed by atoms with Crippen molar-refractivity contribution in [2.75, 3.05) is 22.7 Å². The van der Waals surface area contributed by atoms with Crippen molar-refractivity contribution in [1.82, 2.24) is 5.32 Å². The first-order valence-electron chi connectivity index (χ1n) is 7.96. The van der Waals surface area contributed by atoms with Crippen molar-refractivity contribution < 1.29 is 19.1 Å². The molecule has 0 saturated carbocycles. The molecule has 0 fully saturated rings.